The number of rotatable bonds is 4. The highest BCUT2D eigenvalue weighted by atomic mass is 35.5. The Morgan fingerprint density at radius 3 is 2.69 bits per heavy atom. The van der Waals surface area contributed by atoms with Gasteiger partial charge in [-0.25, -0.2) is 0 Å². The molecule has 0 amide bonds. The van der Waals surface area contributed by atoms with Crippen LogP contribution in [0.2, 0.25) is 5.02 Å². The first kappa shape index (κ1) is 11.6. The minimum absolute atomic E-state index is 0.309. The summed E-state index contributed by atoms with van der Waals surface area (Å²) in [6, 6.07) is 10.1. The van der Waals surface area contributed by atoms with Crippen molar-refractivity contribution < 1.29 is 0 Å². The van der Waals surface area contributed by atoms with Crippen molar-refractivity contribution in [2.24, 2.45) is 5.73 Å². The van der Waals surface area contributed by atoms with Gasteiger partial charge in [-0.15, -0.1) is 0 Å². The first-order chi connectivity index (χ1) is 7.81. The third-order valence-electron chi connectivity index (χ3n) is 2.69. The first-order valence-electron chi connectivity index (χ1n) is 5.27. The molecular weight excluding hydrogens is 238 g/mol. The van der Waals surface area contributed by atoms with E-state index < -0.39 is 0 Å². The lowest BCUT2D eigenvalue weighted by molar-refractivity contribution is 0.696. The van der Waals surface area contributed by atoms with E-state index in [0.717, 1.165) is 17.0 Å². The van der Waals surface area contributed by atoms with E-state index in [4.69, 9.17) is 17.3 Å². The summed E-state index contributed by atoms with van der Waals surface area (Å²) < 4.78 is 0. The Kier molecular flexibility index (Phi) is 3.99. The maximum atomic E-state index is 6.18. The van der Waals surface area contributed by atoms with Crippen LogP contribution in [-0.2, 0) is 6.42 Å². The van der Waals surface area contributed by atoms with Crippen LogP contribution in [0.1, 0.15) is 17.0 Å². The van der Waals surface area contributed by atoms with Crippen molar-refractivity contribution in [1.82, 2.24) is 0 Å². The Labute approximate surface area is 105 Å². The number of hydrogen-bond acceptors (Lipinski definition) is 2. The summed E-state index contributed by atoms with van der Waals surface area (Å²) in [7, 11) is 0. The van der Waals surface area contributed by atoms with Gasteiger partial charge in [0.25, 0.3) is 0 Å². The van der Waals surface area contributed by atoms with E-state index in [1.54, 1.807) is 11.3 Å². The van der Waals surface area contributed by atoms with Crippen molar-refractivity contribution in [1.29, 1.82) is 0 Å². The topological polar surface area (TPSA) is 26.0 Å². The van der Waals surface area contributed by atoms with Crippen molar-refractivity contribution in [3.05, 3.63) is 57.2 Å². The molecule has 0 saturated carbocycles. The van der Waals surface area contributed by atoms with Crippen LogP contribution in [0.3, 0.4) is 0 Å². The lowest BCUT2D eigenvalue weighted by atomic mass is 9.93. The minimum atomic E-state index is 0.309. The van der Waals surface area contributed by atoms with Gasteiger partial charge in [-0.05, 0) is 47.0 Å². The van der Waals surface area contributed by atoms with Crippen LogP contribution in [0.25, 0.3) is 0 Å². The predicted molar refractivity (Wildman–Crippen MR) is 71.3 cm³/mol. The molecule has 1 atom stereocenters. The summed E-state index contributed by atoms with van der Waals surface area (Å²) in [6.07, 6.45) is 0.962. The average molecular weight is 252 g/mol. The SMILES string of the molecule is NCC(Cc1ccsc1)c1ccccc1Cl. The molecule has 1 unspecified atom stereocenters. The summed E-state index contributed by atoms with van der Waals surface area (Å²) in [6.45, 7) is 0.625. The van der Waals surface area contributed by atoms with Crippen LogP contribution >= 0.6 is 22.9 Å². The molecule has 0 bridgehead atoms. The Morgan fingerprint density at radius 1 is 1.25 bits per heavy atom. The van der Waals surface area contributed by atoms with Gasteiger partial charge in [-0.2, -0.15) is 11.3 Å². The van der Waals surface area contributed by atoms with E-state index >= 15 is 0 Å². The molecule has 0 aliphatic heterocycles. The summed E-state index contributed by atoms with van der Waals surface area (Å²) in [5, 5.41) is 5.07. The van der Waals surface area contributed by atoms with Gasteiger partial charge in [0, 0.05) is 10.9 Å². The molecule has 1 aromatic carbocycles. The van der Waals surface area contributed by atoms with Crippen molar-refractivity contribution in [3.63, 3.8) is 0 Å². The van der Waals surface area contributed by atoms with Gasteiger partial charge in [-0.3, -0.25) is 0 Å². The fourth-order valence-electron chi connectivity index (χ4n) is 1.82. The van der Waals surface area contributed by atoms with Gasteiger partial charge in [0.15, 0.2) is 0 Å². The van der Waals surface area contributed by atoms with Gasteiger partial charge in [0.2, 0.25) is 0 Å². The lowest BCUT2D eigenvalue weighted by Gasteiger charge is -2.15. The standard InChI is InChI=1S/C13H14ClNS/c14-13-4-2-1-3-12(13)11(8-15)7-10-5-6-16-9-10/h1-6,9,11H,7-8,15H2. The number of nitrogens with two attached hydrogens (primary N) is 1. The second-order valence-electron chi connectivity index (χ2n) is 3.79. The molecule has 2 aromatic rings. The second kappa shape index (κ2) is 5.48. The molecule has 0 spiro atoms. The zero-order chi connectivity index (χ0) is 11.4. The Balaban J connectivity index is 2.20. The highest BCUT2D eigenvalue weighted by Gasteiger charge is 2.13. The molecule has 0 saturated heterocycles. The van der Waals surface area contributed by atoms with E-state index in [1.807, 2.05) is 18.2 Å². The van der Waals surface area contributed by atoms with E-state index in [1.165, 1.54) is 5.56 Å². The van der Waals surface area contributed by atoms with Crippen molar-refractivity contribution >= 4 is 22.9 Å². The molecule has 0 radical (unpaired) electrons. The van der Waals surface area contributed by atoms with E-state index in [2.05, 4.69) is 22.9 Å². The average Bonchev–Trinajstić information content (AvgIpc) is 2.80. The molecule has 1 nitrogen and oxygen atoms in total. The normalized spacial score (nSPS) is 12.6. The quantitative estimate of drug-likeness (QED) is 0.881. The number of thiophene rings is 1. The Morgan fingerprint density at radius 2 is 2.06 bits per heavy atom. The highest BCUT2D eigenvalue weighted by molar-refractivity contribution is 7.07. The van der Waals surface area contributed by atoms with Crippen LogP contribution < -0.4 is 5.73 Å². The largest absolute Gasteiger partial charge is 0.330 e. The van der Waals surface area contributed by atoms with Gasteiger partial charge in [0.1, 0.15) is 0 Å². The highest BCUT2D eigenvalue weighted by Crippen LogP contribution is 2.27. The van der Waals surface area contributed by atoms with Crippen LogP contribution in [0.5, 0.6) is 0 Å². The van der Waals surface area contributed by atoms with Gasteiger partial charge in [-0.1, -0.05) is 29.8 Å². The minimum Gasteiger partial charge on any atom is -0.330 e. The fraction of sp³-hybridized carbons (Fsp3) is 0.231. The van der Waals surface area contributed by atoms with Crippen molar-refractivity contribution in [2.45, 2.75) is 12.3 Å². The maximum Gasteiger partial charge on any atom is 0.0441 e. The van der Waals surface area contributed by atoms with E-state index in [9.17, 15) is 0 Å². The van der Waals surface area contributed by atoms with Crippen LogP contribution in [0, 0.1) is 0 Å². The molecule has 2 rings (SSSR count). The zero-order valence-electron chi connectivity index (χ0n) is 8.90. The van der Waals surface area contributed by atoms with E-state index in [0.29, 0.717) is 12.5 Å². The molecular formula is C13H14ClNS. The summed E-state index contributed by atoms with van der Waals surface area (Å²) in [4.78, 5) is 0. The van der Waals surface area contributed by atoms with Crippen molar-refractivity contribution in [3.8, 4) is 0 Å². The van der Waals surface area contributed by atoms with Crippen LogP contribution in [0.15, 0.2) is 41.1 Å². The summed E-state index contributed by atoms with van der Waals surface area (Å²) >= 11 is 7.90. The first-order valence-corrected chi connectivity index (χ1v) is 6.59. The molecule has 16 heavy (non-hydrogen) atoms. The predicted octanol–water partition coefficient (Wildman–Crippen LogP) is 3.69. The van der Waals surface area contributed by atoms with Crippen LogP contribution in [-0.4, -0.2) is 6.54 Å². The fourth-order valence-corrected chi connectivity index (χ4v) is 2.79. The number of halogens is 1. The van der Waals surface area contributed by atoms with Crippen molar-refractivity contribution in [2.75, 3.05) is 6.54 Å². The molecule has 0 fully saturated rings. The zero-order valence-corrected chi connectivity index (χ0v) is 10.5. The molecule has 3 heteroatoms. The summed E-state index contributed by atoms with van der Waals surface area (Å²) in [5.74, 6) is 0.309. The van der Waals surface area contributed by atoms with E-state index in [-0.39, 0.29) is 0 Å². The smallest absolute Gasteiger partial charge is 0.0441 e. The molecule has 1 heterocycles. The van der Waals surface area contributed by atoms with Gasteiger partial charge >= 0.3 is 0 Å². The number of hydrogen-bond donors (Lipinski definition) is 1. The Hall–Kier alpha value is -0.830. The third-order valence-corrected chi connectivity index (χ3v) is 3.77. The molecule has 84 valence electrons. The second-order valence-corrected chi connectivity index (χ2v) is 4.98. The molecule has 1 aromatic heterocycles. The van der Waals surface area contributed by atoms with Gasteiger partial charge in [0.05, 0.1) is 0 Å². The number of benzene rings is 1. The molecule has 2 N–H and O–H groups in total. The van der Waals surface area contributed by atoms with Gasteiger partial charge < -0.3 is 5.73 Å². The Bertz CT molecular complexity index is 439. The maximum absolute atomic E-state index is 6.18. The van der Waals surface area contributed by atoms with Crippen LogP contribution in [0.4, 0.5) is 0 Å². The molecule has 0 aliphatic carbocycles. The molecule has 0 aliphatic rings. The third kappa shape index (κ3) is 2.64. The monoisotopic (exact) mass is 251 g/mol. The summed E-state index contributed by atoms with van der Waals surface area (Å²) in [5.41, 5.74) is 8.32. The lowest BCUT2D eigenvalue weighted by Crippen LogP contribution is -2.15.